The summed E-state index contributed by atoms with van der Waals surface area (Å²) in [7, 11) is 0. The summed E-state index contributed by atoms with van der Waals surface area (Å²) in [6.07, 6.45) is 9.04. The van der Waals surface area contributed by atoms with E-state index in [1.807, 2.05) is 0 Å². The molecule has 0 spiro atoms. The molecule has 2 aliphatic heterocycles. The number of anilines is 2. The van der Waals surface area contributed by atoms with Crippen LogP contribution in [0.3, 0.4) is 0 Å². The third-order valence-corrected chi connectivity index (χ3v) is 18.0. The van der Waals surface area contributed by atoms with E-state index in [1.165, 1.54) is 39.2 Å². The molecule has 0 bridgehead atoms. The van der Waals surface area contributed by atoms with E-state index in [2.05, 4.69) is 630 Å². The van der Waals surface area contributed by atoms with Crippen LogP contribution in [0.1, 0.15) is 127 Å². The number of rotatable bonds is 8. The number of hydrogen-bond acceptors (Lipinski definition) is 6. The van der Waals surface area contributed by atoms with Crippen molar-refractivity contribution in [2.24, 2.45) is 0 Å². The molecule has 4 heterocycles. The van der Waals surface area contributed by atoms with Crippen molar-refractivity contribution in [1.29, 1.82) is 0 Å². The van der Waals surface area contributed by atoms with Crippen LogP contribution in [0.5, 0.6) is 0 Å². The van der Waals surface area contributed by atoms with Gasteiger partial charge in [-0.15, -0.1) is 16.6 Å². The summed E-state index contributed by atoms with van der Waals surface area (Å²) < 4.78 is 4.28. The topological polar surface area (TPSA) is 67.9 Å². The minimum Gasteiger partial charge on any atom is -0.362 e. The van der Waals surface area contributed by atoms with E-state index in [1.54, 1.807) is 6.92 Å². The molecule has 0 fully saturated rings. The lowest BCUT2D eigenvalue weighted by molar-refractivity contribution is 0.304. The van der Waals surface area contributed by atoms with Crippen molar-refractivity contribution in [3.05, 3.63) is 108 Å². The number of hydrogen-bond donors (Lipinski definition) is 0. The van der Waals surface area contributed by atoms with Gasteiger partial charge in [-0.3, -0.25) is 0 Å². The first kappa shape index (κ1) is 98.7. The molecule has 0 amide bonds. The van der Waals surface area contributed by atoms with Gasteiger partial charge in [-0.2, -0.15) is 0 Å². The highest BCUT2D eigenvalue weighted by atomic mass is 15.5. The molecule has 4 aromatic carbocycles. The molecule has 8 nitrogen and oxygen atoms in total. The Balaban J connectivity index is 0.000000363. The number of terminal acetylenes is 1. The zero-order chi connectivity index (χ0) is 93.8. The van der Waals surface area contributed by atoms with E-state index in [4.69, 9.17) is 16.6 Å². The molecule has 0 radical (unpaired) electrons. The predicted molar refractivity (Wildman–Crippen MR) is 529 cm³/mol. The maximum atomic E-state index is 4.95. The Morgan fingerprint density at radius 3 is 0.679 bits per heavy atom. The van der Waals surface area contributed by atoms with Crippen LogP contribution in [0, 0.1) is 427 Å². The first-order valence-corrected chi connectivity index (χ1v) is 39.7. The van der Waals surface area contributed by atoms with Crippen molar-refractivity contribution in [1.82, 2.24) is 30.0 Å². The molecular formula is C123H68N8. The van der Waals surface area contributed by atoms with Crippen LogP contribution < -0.4 is 9.80 Å². The fourth-order valence-electron chi connectivity index (χ4n) is 10.3. The first-order chi connectivity index (χ1) is 64.0. The largest absolute Gasteiger partial charge is 0.362 e. The predicted octanol–water partition coefficient (Wildman–Crippen LogP) is 13.3. The second-order valence-corrected chi connectivity index (χ2v) is 27.6. The van der Waals surface area contributed by atoms with Gasteiger partial charge in [0.05, 0.1) is 22.5 Å². The molecule has 0 N–H and O–H groups in total. The van der Waals surface area contributed by atoms with Crippen LogP contribution in [0.15, 0.2) is 97.1 Å². The van der Waals surface area contributed by atoms with Crippen LogP contribution in [0.25, 0.3) is 45.0 Å². The molecule has 2 aromatic heterocycles. The van der Waals surface area contributed by atoms with Crippen molar-refractivity contribution in [2.75, 3.05) is 9.80 Å². The van der Waals surface area contributed by atoms with E-state index in [0.717, 1.165) is 67.1 Å². The molecular weight excluding hydrogens is 1590 g/mol. The molecule has 0 saturated carbocycles. The third kappa shape index (κ3) is 35.6. The maximum absolute atomic E-state index is 4.95. The van der Waals surface area contributed by atoms with Crippen molar-refractivity contribution in [2.45, 2.75) is 151 Å². The smallest absolute Gasteiger partial charge is 0.123 e. The van der Waals surface area contributed by atoms with Crippen LogP contribution in [-0.4, -0.2) is 41.1 Å². The van der Waals surface area contributed by atoms with E-state index in [9.17, 15) is 0 Å². The Labute approximate surface area is 776 Å². The maximum Gasteiger partial charge on any atom is 0.123 e. The molecule has 600 valence electrons. The average Bonchev–Trinajstić information content (AvgIpc) is 1.51. The molecule has 0 unspecified atom stereocenters. The Morgan fingerprint density at radius 2 is 0.427 bits per heavy atom. The second kappa shape index (κ2) is 58.0. The van der Waals surface area contributed by atoms with Crippen LogP contribution in [0.4, 0.5) is 11.4 Å². The summed E-state index contributed by atoms with van der Waals surface area (Å²) in [5.41, 5.74) is 14.0. The summed E-state index contributed by atoms with van der Waals surface area (Å²) in [6.45, 7) is 30.6. The van der Waals surface area contributed by atoms with Crippen molar-refractivity contribution in [3.63, 3.8) is 0 Å². The SMILES string of the molecule is C#CC#CC#CC#CC#CC#CC#CC#CC#CC#CC#CC#CC#CC#CC#CC#CC#CC#CC#CC#CC#CC#CC#CC#CC#CC#CC#CC#CC#CC#CC#CC#CC#CC#CC#CC#CC.CCC(C)(C)N1Cc2ccccc2-c2c(nnn2C(C)(C)CC)-c2ccccc21.CCC(C)(C)N1Cc2ccccc2-c2nnn(C(C)(C)CC)c2-c2ccccc21. The van der Waals surface area contributed by atoms with Gasteiger partial charge in [0.2, 0.25) is 0 Å². The lowest BCUT2D eigenvalue weighted by atomic mass is 9.90. The van der Waals surface area contributed by atoms with Gasteiger partial charge in [0.25, 0.3) is 0 Å². The highest BCUT2D eigenvalue weighted by molar-refractivity contribution is 5.90. The first-order valence-electron chi connectivity index (χ1n) is 39.7. The van der Waals surface area contributed by atoms with E-state index in [-0.39, 0.29) is 22.2 Å². The normalized spacial score (nSPS) is 8.37. The molecule has 0 atom stereocenters. The Hall–Kier alpha value is -21.1. The second-order valence-electron chi connectivity index (χ2n) is 27.6. The number of para-hydroxylation sites is 2. The quantitative estimate of drug-likeness (QED) is 0.142. The van der Waals surface area contributed by atoms with Gasteiger partial charge in [0.15, 0.2) is 0 Å². The van der Waals surface area contributed by atoms with Crippen molar-refractivity contribution < 1.29 is 0 Å². The zero-order valence-corrected chi connectivity index (χ0v) is 74.1. The van der Waals surface area contributed by atoms with Gasteiger partial charge in [-0.25, -0.2) is 9.36 Å². The standard InChI is InChI=1S/C73H4.2C25H32N4/c1-3-5-7-9-11-13-15-17-19-21-23-25-27-29-31-33-35-37-39-41-43-45-47-49-51-53-55-57-59-61-63-65-67-69-71-73-72-70-68-66-64-62-60-58-56-54-52-50-48-46-44-42-40-38-36-34-32-30-28-26-24-22-20-18-16-14-12-10-8-6-4-2;1-7-24(3,4)28-17-18-13-9-10-14-19(18)23-22(20-15-11-12-16-21(20)28)26-27-29(23)25(5,6)8-2;1-7-24(3,4)28-17-18-13-9-10-14-19(18)22-23(20-15-11-12-16-21(20)28)29(27-26-22)25(5,6)8-2/h1H,2H3;2*9-16H,7-8,17H2,1-6H3. The molecule has 8 heteroatoms. The number of nitrogens with zero attached hydrogens (tertiary/aromatic N) is 8. The monoisotopic (exact) mass is 1660 g/mol. The number of fused-ring (bicyclic) bond motifs is 10. The summed E-state index contributed by atoms with van der Waals surface area (Å²) in [6, 6.07) is 34.8. The average molecular weight is 1660 g/mol. The Morgan fingerprint density at radius 1 is 0.237 bits per heavy atom. The lowest BCUT2D eigenvalue weighted by Gasteiger charge is -2.42. The van der Waals surface area contributed by atoms with Crippen LogP contribution in [0.2, 0.25) is 0 Å². The van der Waals surface area contributed by atoms with Crippen LogP contribution >= 0.6 is 0 Å². The molecule has 6 aromatic rings. The highest BCUT2D eigenvalue weighted by Gasteiger charge is 2.37. The van der Waals surface area contributed by atoms with E-state index >= 15 is 0 Å². The van der Waals surface area contributed by atoms with Crippen molar-refractivity contribution in [3.8, 4) is 472 Å². The van der Waals surface area contributed by atoms with Gasteiger partial charge >= 0.3 is 0 Å². The van der Waals surface area contributed by atoms with Crippen molar-refractivity contribution >= 4 is 11.4 Å². The fourth-order valence-corrected chi connectivity index (χ4v) is 10.3. The molecule has 8 rings (SSSR count). The van der Waals surface area contributed by atoms with E-state index < -0.39 is 0 Å². The summed E-state index contributed by atoms with van der Waals surface area (Å²) in [5.74, 6) is 177. The fraction of sp³-hybridized carbons (Fsp3) is 0.187. The molecule has 0 saturated heterocycles. The van der Waals surface area contributed by atoms with Crippen LogP contribution in [-0.2, 0) is 24.2 Å². The highest BCUT2D eigenvalue weighted by Crippen LogP contribution is 2.47. The summed E-state index contributed by atoms with van der Waals surface area (Å²) >= 11 is 0. The lowest BCUT2D eigenvalue weighted by Crippen LogP contribution is -2.44. The van der Waals surface area contributed by atoms with Gasteiger partial charge in [0.1, 0.15) is 11.4 Å². The van der Waals surface area contributed by atoms with Gasteiger partial charge in [-0.05, 0) is 206 Å². The molecule has 0 aliphatic carbocycles. The minimum absolute atomic E-state index is 0.0271. The third-order valence-electron chi connectivity index (χ3n) is 18.0. The Kier molecular flexibility index (Phi) is 43.7. The van der Waals surface area contributed by atoms with Gasteiger partial charge in [-0.1, -0.05) is 129 Å². The Bertz CT molecular complexity index is 8140. The zero-order valence-electron chi connectivity index (χ0n) is 74.1. The number of benzene rings is 4. The number of aromatic nitrogens is 6. The summed E-state index contributed by atoms with van der Waals surface area (Å²) in [5, 5.41) is 18.8. The van der Waals surface area contributed by atoms with Gasteiger partial charge < -0.3 is 9.80 Å². The molecule has 131 heavy (non-hydrogen) atoms. The van der Waals surface area contributed by atoms with E-state index in [0.29, 0.717) is 0 Å². The minimum atomic E-state index is -0.118. The summed E-state index contributed by atoms with van der Waals surface area (Å²) in [4.78, 5) is 5.09. The van der Waals surface area contributed by atoms with Gasteiger partial charge in [0, 0.05) is 377 Å². The molecule has 2 aliphatic rings.